The Kier molecular flexibility index (Phi) is 5.42. The minimum atomic E-state index is -0.403. The molecular formula is C18H20O4. The summed E-state index contributed by atoms with van der Waals surface area (Å²) in [4.78, 5) is 12.1. The van der Waals surface area contributed by atoms with Gasteiger partial charge in [-0.05, 0) is 69.3 Å². The molecular weight excluding hydrogens is 280 g/mol. The highest BCUT2D eigenvalue weighted by atomic mass is 16.5. The Morgan fingerprint density at radius 1 is 0.909 bits per heavy atom. The maximum absolute atomic E-state index is 12.1. The molecule has 2 aromatic rings. The van der Waals surface area contributed by atoms with Crippen LogP contribution in [0.2, 0.25) is 0 Å². The van der Waals surface area contributed by atoms with Crippen molar-refractivity contribution in [3.8, 4) is 17.2 Å². The Morgan fingerprint density at radius 2 is 1.45 bits per heavy atom. The van der Waals surface area contributed by atoms with Gasteiger partial charge in [-0.3, -0.25) is 0 Å². The molecule has 4 nitrogen and oxygen atoms in total. The van der Waals surface area contributed by atoms with Crippen LogP contribution in [0.3, 0.4) is 0 Å². The van der Waals surface area contributed by atoms with Crippen LogP contribution in [0.1, 0.15) is 31.1 Å². The van der Waals surface area contributed by atoms with E-state index in [9.17, 15) is 4.79 Å². The van der Waals surface area contributed by atoms with Gasteiger partial charge in [0.15, 0.2) is 0 Å². The monoisotopic (exact) mass is 300 g/mol. The van der Waals surface area contributed by atoms with Crippen molar-refractivity contribution in [2.24, 2.45) is 0 Å². The fourth-order valence-electron chi connectivity index (χ4n) is 1.88. The number of ether oxygens (including phenoxy) is 3. The average molecular weight is 300 g/mol. The Morgan fingerprint density at radius 3 is 2.00 bits per heavy atom. The van der Waals surface area contributed by atoms with Gasteiger partial charge in [0.2, 0.25) is 0 Å². The molecule has 0 radical (unpaired) electrons. The highest BCUT2D eigenvalue weighted by Gasteiger charge is 2.09. The molecule has 0 N–H and O–H groups in total. The minimum Gasteiger partial charge on any atom is -0.494 e. The van der Waals surface area contributed by atoms with Crippen molar-refractivity contribution >= 4 is 5.97 Å². The van der Waals surface area contributed by atoms with Crippen molar-refractivity contribution in [3.63, 3.8) is 0 Å². The van der Waals surface area contributed by atoms with E-state index in [1.54, 1.807) is 48.5 Å². The van der Waals surface area contributed by atoms with Crippen molar-refractivity contribution in [1.82, 2.24) is 0 Å². The second kappa shape index (κ2) is 7.50. The molecule has 0 bridgehead atoms. The molecule has 0 aliphatic rings. The van der Waals surface area contributed by atoms with Gasteiger partial charge in [-0.2, -0.15) is 0 Å². The number of carbonyl (C=O) groups is 1. The van der Waals surface area contributed by atoms with Gasteiger partial charge in [0.05, 0.1) is 18.3 Å². The number of hydrogen-bond donors (Lipinski definition) is 0. The molecule has 116 valence electrons. The summed E-state index contributed by atoms with van der Waals surface area (Å²) in [7, 11) is 0. The van der Waals surface area contributed by atoms with Crippen LogP contribution in [0.4, 0.5) is 0 Å². The van der Waals surface area contributed by atoms with Gasteiger partial charge in [0.1, 0.15) is 17.2 Å². The second-order valence-corrected chi connectivity index (χ2v) is 4.98. The van der Waals surface area contributed by atoms with E-state index in [-0.39, 0.29) is 6.10 Å². The summed E-state index contributed by atoms with van der Waals surface area (Å²) in [5.74, 6) is 1.56. The highest BCUT2D eigenvalue weighted by molar-refractivity contribution is 5.91. The summed E-state index contributed by atoms with van der Waals surface area (Å²) in [6, 6.07) is 13.8. The van der Waals surface area contributed by atoms with E-state index in [0.29, 0.717) is 17.9 Å². The molecule has 22 heavy (non-hydrogen) atoms. The minimum absolute atomic E-state index is 0.0988. The quantitative estimate of drug-likeness (QED) is 0.595. The fourth-order valence-corrected chi connectivity index (χ4v) is 1.88. The Hall–Kier alpha value is -2.49. The van der Waals surface area contributed by atoms with Crippen molar-refractivity contribution in [2.75, 3.05) is 6.61 Å². The zero-order valence-electron chi connectivity index (χ0n) is 13.0. The Bertz CT molecular complexity index is 600. The first-order chi connectivity index (χ1) is 10.6. The van der Waals surface area contributed by atoms with Crippen molar-refractivity contribution < 1.29 is 19.0 Å². The molecule has 0 aliphatic heterocycles. The number of hydrogen-bond acceptors (Lipinski definition) is 4. The third kappa shape index (κ3) is 4.52. The molecule has 0 fully saturated rings. The van der Waals surface area contributed by atoms with Gasteiger partial charge in [-0.1, -0.05) is 0 Å². The lowest BCUT2D eigenvalue weighted by Crippen LogP contribution is -2.09. The number of benzene rings is 2. The van der Waals surface area contributed by atoms with Gasteiger partial charge in [0.25, 0.3) is 0 Å². The van der Waals surface area contributed by atoms with Crippen molar-refractivity contribution in [2.45, 2.75) is 26.9 Å². The van der Waals surface area contributed by atoms with Crippen LogP contribution in [0.15, 0.2) is 48.5 Å². The summed E-state index contributed by atoms with van der Waals surface area (Å²) in [6.45, 7) is 6.42. The number of rotatable bonds is 6. The third-order valence-corrected chi connectivity index (χ3v) is 2.81. The number of esters is 1. The molecule has 0 aromatic heterocycles. The van der Waals surface area contributed by atoms with E-state index in [2.05, 4.69) is 0 Å². The highest BCUT2D eigenvalue weighted by Crippen LogP contribution is 2.20. The van der Waals surface area contributed by atoms with Crippen LogP contribution < -0.4 is 14.2 Å². The molecule has 2 aromatic carbocycles. The molecule has 0 spiro atoms. The lowest BCUT2D eigenvalue weighted by molar-refractivity contribution is 0.0734. The average Bonchev–Trinajstić information content (AvgIpc) is 2.49. The third-order valence-electron chi connectivity index (χ3n) is 2.81. The topological polar surface area (TPSA) is 44.8 Å². The van der Waals surface area contributed by atoms with Gasteiger partial charge in [-0.15, -0.1) is 0 Å². The fraction of sp³-hybridized carbons (Fsp3) is 0.278. The molecule has 0 saturated heterocycles. The van der Waals surface area contributed by atoms with E-state index in [0.717, 1.165) is 11.5 Å². The molecule has 0 atom stereocenters. The van der Waals surface area contributed by atoms with E-state index in [1.807, 2.05) is 20.8 Å². The second-order valence-electron chi connectivity index (χ2n) is 4.98. The first-order valence-electron chi connectivity index (χ1n) is 7.30. The zero-order valence-corrected chi connectivity index (χ0v) is 13.0. The maximum Gasteiger partial charge on any atom is 0.343 e. The summed E-state index contributed by atoms with van der Waals surface area (Å²) < 4.78 is 16.2. The van der Waals surface area contributed by atoms with Crippen molar-refractivity contribution in [3.05, 3.63) is 54.1 Å². The van der Waals surface area contributed by atoms with E-state index < -0.39 is 5.97 Å². The largest absolute Gasteiger partial charge is 0.494 e. The van der Waals surface area contributed by atoms with Crippen LogP contribution in [-0.2, 0) is 0 Å². The molecule has 0 aliphatic carbocycles. The Labute approximate surface area is 130 Å². The molecule has 4 heteroatoms. The first-order valence-corrected chi connectivity index (χ1v) is 7.30. The van der Waals surface area contributed by atoms with Gasteiger partial charge in [0, 0.05) is 0 Å². The summed E-state index contributed by atoms with van der Waals surface area (Å²) in [6.07, 6.45) is 0.0988. The van der Waals surface area contributed by atoms with Crippen LogP contribution in [-0.4, -0.2) is 18.7 Å². The molecule has 0 unspecified atom stereocenters. The van der Waals surface area contributed by atoms with E-state index in [4.69, 9.17) is 14.2 Å². The first kappa shape index (κ1) is 15.9. The van der Waals surface area contributed by atoms with Crippen LogP contribution in [0, 0.1) is 0 Å². The van der Waals surface area contributed by atoms with Crippen LogP contribution >= 0.6 is 0 Å². The predicted octanol–water partition coefficient (Wildman–Crippen LogP) is 4.09. The van der Waals surface area contributed by atoms with Crippen molar-refractivity contribution in [1.29, 1.82) is 0 Å². The maximum atomic E-state index is 12.1. The normalized spacial score (nSPS) is 10.4. The zero-order chi connectivity index (χ0) is 15.9. The van der Waals surface area contributed by atoms with Crippen LogP contribution in [0.25, 0.3) is 0 Å². The van der Waals surface area contributed by atoms with E-state index >= 15 is 0 Å². The Balaban J connectivity index is 1.99. The lowest BCUT2D eigenvalue weighted by atomic mass is 10.2. The summed E-state index contributed by atoms with van der Waals surface area (Å²) in [5, 5.41) is 0. The standard InChI is InChI=1S/C18H20O4/c1-4-20-15-9-11-17(12-10-15)22-18(19)14-5-7-16(8-6-14)21-13(2)3/h5-13H,4H2,1-3H3. The molecule has 0 amide bonds. The predicted molar refractivity (Wildman–Crippen MR) is 84.8 cm³/mol. The molecule has 0 saturated carbocycles. The molecule has 2 rings (SSSR count). The number of carbonyl (C=O) groups excluding carboxylic acids is 1. The SMILES string of the molecule is CCOc1ccc(OC(=O)c2ccc(OC(C)C)cc2)cc1. The van der Waals surface area contributed by atoms with Gasteiger partial charge in [-0.25, -0.2) is 4.79 Å². The summed E-state index contributed by atoms with van der Waals surface area (Å²) in [5.41, 5.74) is 0.477. The summed E-state index contributed by atoms with van der Waals surface area (Å²) >= 11 is 0. The van der Waals surface area contributed by atoms with Gasteiger partial charge >= 0.3 is 5.97 Å². The van der Waals surface area contributed by atoms with Crippen LogP contribution in [0.5, 0.6) is 17.2 Å². The molecule has 0 heterocycles. The van der Waals surface area contributed by atoms with E-state index in [1.165, 1.54) is 0 Å². The van der Waals surface area contributed by atoms with Gasteiger partial charge < -0.3 is 14.2 Å². The smallest absolute Gasteiger partial charge is 0.343 e. The lowest BCUT2D eigenvalue weighted by Gasteiger charge is -2.10.